The number of halogens is 3. The number of carbonyl (C=O) groups is 1. The van der Waals surface area contributed by atoms with Gasteiger partial charge in [-0.1, -0.05) is 30.3 Å². The summed E-state index contributed by atoms with van der Waals surface area (Å²) in [4.78, 5) is 11.3. The van der Waals surface area contributed by atoms with Crippen LogP contribution in [-0.4, -0.2) is 23.3 Å². The van der Waals surface area contributed by atoms with Gasteiger partial charge in [-0.05, 0) is 5.56 Å². The lowest BCUT2D eigenvalue weighted by Crippen LogP contribution is -2.14. The number of alkyl halides is 3. The SMILES string of the molecule is COC(=O)c1[nH]nc(OCc2ccccc2)c1C(F)(F)F. The van der Waals surface area contributed by atoms with E-state index in [1.54, 1.807) is 30.3 Å². The van der Waals surface area contributed by atoms with E-state index in [9.17, 15) is 18.0 Å². The van der Waals surface area contributed by atoms with Crippen LogP contribution in [0.3, 0.4) is 0 Å². The van der Waals surface area contributed by atoms with Crippen LogP contribution in [0, 0.1) is 0 Å². The molecule has 8 heteroatoms. The number of esters is 1. The van der Waals surface area contributed by atoms with Gasteiger partial charge in [-0.3, -0.25) is 5.10 Å². The third-order valence-corrected chi connectivity index (χ3v) is 2.62. The number of nitrogens with zero attached hydrogens (tertiary/aromatic N) is 1. The maximum Gasteiger partial charge on any atom is 0.424 e. The van der Waals surface area contributed by atoms with Crippen LogP contribution in [0.5, 0.6) is 5.88 Å². The van der Waals surface area contributed by atoms with Crippen LogP contribution in [0.15, 0.2) is 30.3 Å². The zero-order chi connectivity index (χ0) is 15.5. The van der Waals surface area contributed by atoms with Gasteiger partial charge in [0.25, 0.3) is 0 Å². The fraction of sp³-hybridized carbons (Fsp3) is 0.231. The Bertz CT molecular complexity index is 623. The van der Waals surface area contributed by atoms with Gasteiger partial charge in [-0.15, -0.1) is 5.10 Å². The Morgan fingerprint density at radius 2 is 1.95 bits per heavy atom. The van der Waals surface area contributed by atoms with Gasteiger partial charge in [0.1, 0.15) is 6.61 Å². The maximum absolute atomic E-state index is 13.0. The predicted octanol–water partition coefficient (Wildman–Crippen LogP) is 2.79. The van der Waals surface area contributed by atoms with Gasteiger partial charge in [0.2, 0.25) is 5.88 Å². The van der Waals surface area contributed by atoms with Crippen molar-refractivity contribution in [3.05, 3.63) is 47.2 Å². The number of H-pyrrole nitrogens is 1. The van der Waals surface area contributed by atoms with Crippen LogP contribution in [-0.2, 0) is 17.5 Å². The second kappa shape index (κ2) is 5.86. The predicted molar refractivity (Wildman–Crippen MR) is 65.7 cm³/mol. The molecule has 0 spiro atoms. The molecule has 2 rings (SSSR count). The quantitative estimate of drug-likeness (QED) is 0.882. The highest BCUT2D eigenvalue weighted by Crippen LogP contribution is 2.37. The normalized spacial score (nSPS) is 11.2. The first-order valence-electron chi connectivity index (χ1n) is 5.84. The molecule has 0 aliphatic heterocycles. The molecule has 1 aromatic heterocycles. The van der Waals surface area contributed by atoms with Crippen molar-refractivity contribution in [2.24, 2.45) is 0 Å². The van der Waals surface area contributed by atoms with Crippen molar-refractivity contribution < 1.29 is 27.4 Å². The molecule has 0 unspecified atom stereocenters. The number of carbonyl (C=O) groups excluding carboxylic acids is 1. The molecular weight excluding hydrogens is 289 g/mol. The Hall–Kier alpha value is -2.51. The minimum absolute atomic E-state index is 0.102. The Morgan fingerprint density at radius 3 is 2.52 bits per heavy atom. The van der Waals surface area contributed by atoms with E-state index in [4.69, 9.17) is 4.74 Å². The van der Waals surface area contributed by atoms with Gasteiger partial charge in [0, 0.05) is 0 Å². The first-order valence-corrected chi connectivity index (χ1v) is 5.84. The Morgan fingerprint density at radius 1 is 1.29 bits per heavy atom. The summed E-state index contributed by atoms with van der Waals surface area (Å²) in [5, 5.41) is 5.40. The Labute approximate surface area is 117 Å². The van der Waals surface area contributed by atoms with Crippen LogP contribution in [0.2, 0.25) is 0 Å². The third-order valence-electron chi connectivity index (χ3n) is 2.62. The van der Waals surface area contributed by atoms with E-state index < -0.39 is 29.3 Å². The van der Waals surface area contributed by atoms with Crippen molar-refractivity contribution in [3.63, 3.8) is 0 Å². The number of methoxy groups -OCH3 is 1. The standard InChI is InChI=1S/C13H11F3N2O3/c1-20-12(19)10-9(13(14,15)16)11(18-17-10)21-7-8-5-3-2-4-6-8/h2-6H,7H2,1H3,(H,17,18). The molecule has 0 aliphatic carbocycles. The van der Waals surface area contributed by atoms with Gasteiger partial charge in [0.15, 0.2) is 11.3 Å². The van der Waals surface area contributed by atoms with Crippen LogP contribution in [0.4, 0.5) is 13.2 Å². The molecule has 0 bridgehead atoms. The number of rotatable bonds is 4. The monoisotopic (exact) mass is 300 g/mol. The van der Waals surface area contributed by atoms with Crippen LogP contribution in [0.1, 0.15) is 21.6 Å². The summed E-state index contributed by atoms with van der Waals surface area (Å²) < 4.78 is 48.4. The zero-order valence-electron chi connectivity index (χ0n) is 10.9. The highest BCUT2D eigenvalue weighted by atomic mass is 19.4. The molecule has 0 amide bonds. The molecule has 0 aliphatic rings. The lowest BCUT2D eigenvalue weighted by atomic mass is 10.2. The Balaban J connectivity index is 2.27. The fourth-order valence-corrected chi connectivity index (χ4v) is 1.67. The van der Waals surface area contributed by atoms with Crippen LogP contribution < -0.4 is 4.74 Å². The van der Waals surface area contributed by atoms with E-state index in [2.05, 4.69) is 9.84 Å². The van der Waals surface area contributed by atoms with E-state index in [-0.39, 0.29) is 6.61 Å². The van der Waals surface area contributed by atoms with E-state index in [1.165, 1.54) is 0 Å². The minimum Gasteiger partial charge on any atom is -0.471 e. The van der Waals surface area contributed by atoms with Crippen molar-refractivity contribution in [2.75, 3.05) is 7.11 Å². The van der Waals surface area contributed by atoms with Crippen molar-refractivity contribution in [2.45, 2.75) is 12.8 Å². The molecular formula is C13H11F3N2O3. The van der Waals surface area contributed by atoms with Crippen LogP contribution >= 0.6 is 0 Å². The molecule has 0 radical (unpaired) electrons. The number of hydrogen-bond donors (Lipinski definition) is 1. The second-order valence-electron chi connectivity index (χ2n) is 4.04. The smallest absolute Gasteiger partial charge is 0.424 e. The average Bonchev–Trinajstić information content (AvgIpc) is 2.89. The fourth-order valence-electron chi connectivity index (χ4n) is 1.67. The summed E-state index contributed by atoms with van der Waals surface area (Å²) in [6.45, 7) is -0.102. The van der Waals surface area contributed by atoms with E-state index in [1.807, 2.05) is 5.10 Å². The lowest BCUT2D eigenvalue weighted by Gasteiger charge is -2.09. The van der Waals surface area contributed by atoms with Gasteiger partial charge in [0.05, 0.1) is 7.11 Å². The molecule has 1 aromatic carbocycles. The number of hydrogen-bond acceptors (Lipinski definition) is 4. The Kier molecular flexibility index (Phi) is 4.15. The number of aromatic nitrogens is 2. The molecule has 112 valence electrons. The summed E-state index contributed by atoms with van der Waals surface area (Å²) in [5.74, 6) is -1.85. The van der Waals surface area contributed by atoms with Crippen molar-refractivity contribution in [1.82, 2.24) is 10.2 Å². The van der Waals surface area contributed by atoms with Gasteiger partial charge in [-0.25, -0.2) is 4.79 Å². The maximum atomic E-state index is 13.0. The topological polar surface area (TPSA) is 64.2 Å². The summed E-state index contributed by atoms with van der Waals surface area (Å²) in [5.41, 5.74) is -1.38. The molecule has 0 saturated heterocycles. The highest BCUT2D eigenvalue weighted by molar-refractivity contribution is 5.89. The third kappa shape index (κ3) is 3.33. The van der Waals surface area contributed by atoms with Gasteiger partial charge < -0.3 is 9.47 Å². The molecule has 1 heterocycles. The first-order chi connectivity index (χ1) is 9.93. The first kappa shape index (κ1) is 14.9. The van der Waals surface area contributed by atoms with E-state index >= 15 is 0 Å². The zero-order valence-corrected chi connectivity index (χ0v) is 10.9. The van der Waals surface area contributed by atoms with Crippen molar-refractivity contribution in [3.8, 4) is 5.88 Å². The number of nitrogens with one attached hydrogen (secondary N) is 1. The highest BCUT2D eigenvalue weighted by Gasteiger charge is 2.42. The second-order valence-corrected chi connectivity index (χ2v) is 4.04. The molecule has 1 N–H and O–H groups in total. The summed E-state index contributed by atoms with van der Waals surface area (Å²) in [6.07, 6.45) is -4.79. The lowest BCUT2D eigenvalue weighted by molar-refractivity contribution is -0.139. The van der Waals surface area contributed by atoms with Crippen LogP contribution in [0.25, 0.3) is 0 Å². The van der Waals surface area contributed by atoms with Gasteiger partial charge in [-0.2, -0.15) is 13.2 Å². The summed E-state index contributed by atoms with van der Waals surface area (Å²) in [7, 11) is 0.980. The summed E-state index contributed by atoms with van der Waals surface area (Å²) >= 11 is 0. The number of aromatic amines is 1. The molecule has 5 nitrogen and oxygen atoms in total. The molecule has 0 atom stereocenters. The number of ether oxygens (including phenoxy) is 2. The molecule has 2 aromatic rings. The molecule has 21 heavy (non-hydrogen) atoms. The molecule has 0 fully saturated rings. The van der Waals surface area contributed by atoms with Crippen molar-refractivity contribution in [1.29, 1.82) is 0 Å². The largest absolute Gasteiger partial charge is 0.471 e. The van der Waals surface area contributed by atoms with Gasteiger partial charge >= 0.3 is 12.1 Å². The van der Waals surface area contributed by atoms with E-state index in [0.717, 1.165) is 7.11 Å². The van der Waals surface area contributed by atoms with E-state index in [0.29, 0.717) is 5.56 Å². The minimum atomic E-state index is -4.79. The molecule has 0 saturated carbocycles. The van der Waals surface area contributed by atoms with Crippen molar-refractivity contribution >= 4 is 5.97 Å². The average molecular weight is 300 g/mol. The number of benzene rings is 1. The summed E-state index contributed by atoms with van der Waals surface area (Å²) in [6, 6.07) is 8.62.